The Labute approximate surface area is 95.2 Å². The fourth-order valence-corrected chi connectivity index (χ4v) is 2.48. The Kier molecular flexibility index (Phi) is 4.17. The number of hydrogen-bond acceptors (Lipinski definition) is 2. The van der Waals surface area contributed by atoms with E-state index in [0.717, 1.165) is 10.5 Å². The van der Waals surface area contributed by atoms with E-state index in [4.69, 9.17) is 5.73 Å². The first kappa shape index (κ1) is 12.5. The number of hydrogen-bond donors (Lipinski definition) is 1. The minimum absolute atomic E-state index is 0.0944. The van der Waals surface area contributed by atoms with Gasteiger partial charge >= 0.3 is 0 Å². The predicted octanol–water partition coefficient (Wildman–Crippen LogP) is 3.22. The number of rotatable bonds is 3. The Morgan fingerprint density at radius 1 is 1.33 bits per heavy atom. The van der Waals surface area contributed by atoms with E-state index in [1.54, 1.807) is 17.8 Å². The Hall–Kier alpha value is -0.540. The lowest BCUT2D eigenvalue weighted by molar-refractivity contribution is 0.603. The Morgan fingerprint density at radius 3 is 2.53 bits per heavy atom. The molecule has 2 N–H and O–H groups in total. The van der Waals surface area contributed by atoms with Gasteiger partial charge in [0.2, 0.25) is 0 Å². The minimum Gasteiger partial charge on any atom is -0.330 e. The molecule has 0 fully saturated rings. The monoisotopic (exact) mass is 227 g/mol. The van der Waals surface area contributed by atoms with E-state index in [-0.39, 0.29) is 10.6 Å². The van der Waals surface area contributed by atoms with Crippen LogP contribution in [0.5, 0.6) is 0 Å². The third kappa shape index (κ3) is 3.84. The molecule has 3 heteroatoms. The molecule has 0 amide bonds. The van der Waals surface area contributed by atoms with Gasteiger partial charge in [0.15, 0.2) is 0 Å². The van der Waals surface area contributed by atoms with Gasteiger partial charge in [0.05, 0.1) is 0 Å². The Bertz CT molecular complexity index is 331. The fourth-order valence-electron chi connectivity index (χ4n) is 1.35. The summed E-state index contributed by atoms with van der Waals surface area (Å²) in [6, 6.07) is 5.21. The van der Waals surface area contributed by atoms with Crippen LogP contribution in [0, 0.1) is 5.82 Å². The molecule has 0 saturated heterocycles. The summed E-state index contributed by atoms with van der Waals surface area (Å²) in [7, 11) is 0. The first-order chi connectivity index (χ1) is 6.94. The summed E-state index contributed by atoms with van der Waals surface area (Å²) < 4.78 is 13.6. The summed E-state index contributed by atoms with van der Waals surface area (Å²) >= 11 is 1.69. The standard InChI is InChI=1S/C12H18FNS/c1-12(2,3)15-11-6-4-5-10(13)9(11)7-8-14/h4-6H,7-8,14H2,1-3H3. The van der Waals surface area contributed by atoms with E-state index in [1.807, 2.05) is 6.07 Å². The molecule has 0 aromatic heterocycles. The van der Waals surface area contributed by atoms with Crippen molar-refractivity contribution in [1.82, 2.24) is 0 Å². The van der Waals surface area contributed by atoms with Crippen LogP contribution in [0.4, 0.5) is 4.39 Å². The van der Waals surface area contributed by atoms with Gasteiger partial charge in [-0.15, -0.1) is 11.8 Å². The van der Waals surface area contributed by atoms with Gasteiger partial charge in [0, 0.05) is 15.2 Å². The van der Waals surface area contributed by atoms with Gasteiger partial charge in [0.25, 0.3) is 0 Å². The van der Waals surface area contributed by atoms with E-state index < -0.39 is 0 Å². The van der Waals surface area contributed by atoms with Crippen LogP contribution in [-0.4, -0.2) is 11.3 Å². The minimum atomic E-state index is -0.144. The summed E-state index contributed by atoms with van der Waals surface area (Å²) in [5.41, 5.74) is 6.24. The molecule has 0 radical (unpaired) electrons. The van der Waals surface area contributed by atoms with Crippen molar-refractivity contribution < 1.29 is 4.39 Å². The molecular formula is C12H18FNS. The van der Waals surface area contributed by atoms with E-state index in [1.165, 1.54) is 6.07 Å². The van der Waals surface area contributed by atoms with Gasteiger partial charge < -0.3 is 5.73 Å². The largest absolute Gasteiger partial charge is 0.330 e. The van der Waals surface area contributed by atoms with Crippen LogP contribution in [0.25, 0.3) is 0 Å². The number of thioether (sulfide) groups is 1. The van der Waals surface area contributed by atoms with Crippen molar-refractivity contribution in [2.45, 2.75) is 36.8 Å². The van der Waals surface area contributed by atoms with Crippen LogP contribution in [0.15, 0.2) is 23.1 Å². The summed E-state index contributed by atoms with van der Waals surface area (Å²) in [5, 5.41) is 0. The average Bonchev–Trinajstić information content (AvgIpc) is 2.08. The van der Waals surface area contributed by atoms with Crippen LogP contribution in [-0.2, 0) is 6.42 Å². The van der Waals surface area contributed by atoms with E-state index in [9.17, 15) is 4.39 Å². The van der Waals surface area contributed by atoms with Crippen molar-refractivity contribution in [3.8, 4) is 0 Å². The lowest BCUT2D eigenvalue weighted by Crippen LogP contribution is -2.10. The van der Waals surface area contributed by atoms with Crippen LogP contribution < -0.4 is 5.73 Å². The molecule has 1 rings (SSSR count). The quantitative estimate of drug-likeness (QED) is 0.802. The zero-order chi connectivity index (χ0) is 11.5. The molecule has 0 saturated carbocycles. The molecule has 84 valence electrons. The topological polar surface area (TPSA) is 26.0 Å². The summed E-state index contributed by atoms with van der Waals surface area (Å²) in [5.74, 6) is -0.144. The number of halogens is 1. The van der Waals surface area contributed by atoms with Gasteiger partial charge in [-0.05, 0) is 25.1 Å². The predicted molar refractivity (Wildman–Crippen MR) is 64.8 cm³/mol. The molecule has 0 unspecified atom stereocenters. The maximum atomic E-state index is 13.5. The first-order valence-electron chi connectivity index (χ1n) is 5.10. The smallest absolute Gasteiger partial charge is 0.127 e. The third-order valence-electron chi connectivity index (χ3n) is 1.89. The Balaban J connectivity index is 3.00. The van der Waals surface area contributed by atoms with Crippen molar-refractivity contribution in [2.24, 2.45) is 5.73 Å². The second kappa shape index (κ2) is 4.99. The molecule has 1 nitrogen and oxygen atoms in total. The van der Waals surface area contributed by atoms with Gasteiger partial charge in [-0.2, -0.15) is 0 Å². The highest BCUT2D eigenvalue weighted by Gasteiger charge is 2.16. The molecule has 0 atom stereocenters. The van der Waals surface area contributed by atoms with Crippen molar-refractivity contribution in [3.05, 3.63) is 29.6 Å². The maximum absolute atomic E-state index is 13.5. The third-order valence-corrected chi connectivity index (χ3v) is 3.10. The van der Waals surface area contributed by atoms with Crippen LogP contribution >= 0.6 is 11.8 Å². The number of benzene rings is 1. The van der Waals surface area contributed by atoms with Crippen molar-refractivity contribution in [3.63, 3.8) is 0 Å². The molecule has 0 heterocycles. The summed E-state index contributed by atoms with van der Waals surface area (Å²) in [4.78, 5) is 1.01. The van der Waals surface area contributed by atoms with E-state index in [2.05, 4.69) is 20.8 Å². The SMILES string of the molecule is CC(C)(C)Sc1cccc(F)c1CCN. The van der Waals surface area contributed by atoms with E-state index in [0.29, 0.717) is 13.0 Å². The molecule has 1 aromatic carbocycles. The van der Waals surface area contributed by atoms with E-state index >= 15 is 0 Å². The molecule has 0 aliphatic rings. The average molecular weight is 227 g/mol. The zero-order valence-corrected chi connectivity index (χ0v) is 10.3. The van der Waals surface area contributed by atoms with Gasteiger partial charge in [-0.25, -0.2) is 4.39 Å². The van der Waals surface area contributed by atoms with Gasteiger partial charge in [0.1, 0.15) is 5.82 Å². The Morgan fingerprint density at radius 2 is 2.00 bits per heavy atom. The molecule has 0 bridgehead atoms. The second-order valence-corrected chi connectivity index (χ2v) is 6.34. The lowest BCUT2D eigenvalue weighted by Gasteiger charge is -2.20. The molecule has 0 spiro atoms. The fraction of sp³-hybridized carbons (Fsp3) is 0.500. The maximum Gasteiger partial charge on any atom is 0.127 e. The van der Waals surface area contributed by atoms with Crippen molar-refractivity contribution in [2.75, 3.05) is 6.54 Å². The molecule has 1 aromatic rings. The molecular weight excluding hydrogens is 209 g/mol. The highest BCUT2D eigenvalue weighted by atomic mass is 32.2. The first-order valence-corrected chi connectivity index (χ1v) is 5.92. The number of nitrogens with two attached hydrogens (primary N) is 1. The zero-order valence-electron chi connectivity index (χ0n) is 9.51. The lowest BCUT2D eigenvalue weighted by atomic mass is 10.1. The molecule has 0 aliphatic heterocycles. The normalized spacial score (nSPS) is 11.8. The highest BCUT2D eigenvalue weighted by molar-refractivity contribution is 8.00. The second-order valence-electron chi connectivity index (χ2n) is 4.47. The van der Waals surface area contributed by atoms with Crippen molar-refractivity contribution in [1.29, 1.82) is 0 Å². The highest BCUT2D eigenvalue weighted by Crippen LogP contribution is 2.35. The van der Waals surface area contributed by atoms with Gasteiger partial charge in [-0.1, -0.05) is 26.8 Å². The summed E-state index contributed by atoms with van der Waals surface area (Å²) in [6.07, 6.45) is 0.602. The van der Waals surface area contributed by atoms with Crippen LogP contribution in [0.3, 0.4) is 0 Å². The molecule has 0 aliphatic carbocycles. The van der Waals surface area contributed by atoms with Crippen LogP contribution in [0.2, 0.25) is 0 Å². The van der Waals surface area contributed by atoms with Gasteiger partial charge in [-0.3, -0.25) is 0 Å². The molecule has 15 heavy (non-hydrogen) atoms. The summed E-state index contributed by atoms with van der Waals surface area (Å²) in [6.45, 7) is 6.84. The van der Waals surface area contributed by atoms with Crippen molar-refractivity contribution >= 4 is 11.8 Å². The van der Waals surface area contributed by atoms with Crippen LogP contribution in [0.1, 0.15) is 26.3 Å².